The van der Waals surface area contributed by atoms with Crippen molar-refractivity contribution < 1.29 is 19.0 Å². The molecule has 10 heteroatoms. The Morgan fingerprint density at radius 1 is 1.02 bits per heavy atom. The largest absolute Gasteiger partial charge is 0.508 e. The molecule has 2 saturated heterocycles. The fourth-order valence-electron chi connectivity index (χ4n) is 6.28. The number of hydrogen-bond acceptors (Lipinski definition) is 6. The van der Waals surface area contributed by atoms with Crippen LogP contribution in [-0.2, 0) is 17.8 Å². The van der Waals surface area contributed by atoms with Gasteiger partial charge in [0.25, 0.3) is 0 Å². The molecule has 0 saturated carbocycles. The molecular weight excluding hydrogens is 647 g/mol. The number of piperidine rings is 1. The first-order valence-electron chi connectivity index (χ1n) is 15.3. The van der Waals surface area contributed by atoms with Crippen LogP contribution >= 0.6 is 28.6 Å². The first-order valence-corrected chi connectivity index (χ1v) is 15.7. The fourth-order valence-corrected chi connectivity index (χ4v) is 6.48. The van der Waals surface area contributed by atoms with E-state index in [2.05, 4.69) is 9.80 Å². The lowest BCUT2D eigenvalue weighted by atomic mass is 9.88. The highest BCUT2D eigenvalue weighted by molar-refractivity contribution is 8.93. The molecule has 7 nitrogen and oxygen atoms in total. The second kappa shape index (κ2) is 16.0. The van der Waals surface area contributed by atoms with Gasteiger partial charge >= 0.3 is 0 Å². The lowest BCUT2D eigenvalue weighted by Crippen LogP contribution is -2.55. The Hall–Kier alpha value is -2.69. The van der Waals surface area contributed by atoms with Crippen LogP contribution in [0.25, 0.3) is 11.1 Å². The third-order valence-corrected chi connectivity index (χ3v) is 9.02. The number of rotatable bonds is 10. The summed E-state index contributed by atoms with van der Waals surface area (Å²) in [6.45, 7) is 8.03. The molecule has 3 aromatic rings. The molecule has 2 aliphatic heterocycles. The summed E-state index contributed by atoms with van der Waals surface area (Å²) in [6.07, 6.45) is 2.61. The van der Waals surface area contributed by atoms with Gasteiger partial charge in [-0.2, -0.15) is 0 Å². The SMILES string of the molecule is Br.CCOc1cccc(F)c1CN1CCN(C(=O)C(N)C2CCN(CCc3cc(Cl)ccc3-c3cccc(O)c3)CC2)CC1. The van der Waals surface area contributed by atoms with E-state index in [0.29, 0.717) is 55.7 Å². The van der Waals surface area contributed by atoms with E-state index in [0.717, 1.165) is 55.6 Å². The Balaban J connectivity index is 0.00000442. The van der Waals surface area contributed by atoms with Crippen molar-refractivity contribution in [3.05, 3.63) is 82.6 Å². The predicted octanol–water partition coefficient (Wildman–Crippen LogP) is 5.75. The number of carbonyl (C=O) groups excluding carboxylic acids is 1. The fraction of sp³-hybridized carbons (Fsp3) is 0.441. The van der Waals surface area contributed by atoms with Crippen molar-refractivity contribution in [2.75, 3.05) is 52.4 Å². The molecule has 0 bridgehead atoms. The van der Waals surface area contributed by atoms with E-state index in [1.54, 1.807) is 24.3 Å². The van der Waals surface area contributed by atoms with Gasteiger partial charge in [0.15, 0.2) is 0 Å². The summed E-state index contributed by atoms with van der Waals surface area (Å²) in [4.78, 5) is 19.8. The number of piperazine rings is 1. The molecule has 3 aromatic carbocycles. The van der Waals surface area contributed by atoms with Gasteiger partial charge in [0, 0.05) is 49.9 Å². The zero-order valence-electron chi connectivity index (χ0n) is 25.3. The third-order valence-electron chi connectivity index (χ3n) is 8.79. The maximum absolute atomic E-state index is 14.5. The van der Waals surface area contributed by atoms with Crippen LogP contribution in [0.4, 0.5) is 4.39 Å². The second-order valence-electron chi connectivity index (χ2n) is 11.6. The Kier molecular flexibility index (Phi) is 12.5. The Labute approximate surface area is 275 Å². The third kappa shape index (κ3) is 8.52. The van der Waals surface area contributed by atoms with Crippen molar-refractivity contribution >= 4 is 34.5 Å². The molecule has 3 N–H and O–H groups in total. The minimum atomic E-state index is -0.505. The topological polar surface area (TPSA) is 82.3 Å². The summed E-state index contributed by atoms with van der Waals surface area (Å²) in [6, 6.07) is 17.6. The molecule has 0 radical (unpaired) electrons. The number of phenols is 1. The molecule has 0 aromatic heterocycles. The van der Waals surface area contributed by atoms with Crippen LogP contribution in [0, 0.1) is 11.7 Å². The van der Waals surface area contributed by atoms with Gasteiger partial charge in [0.1, 0.15) is 17.3 Å². The molecule has 0 aliphatic carbocycles. The number of phenolic OH excluding ortho intramolecular Hbond substituents is 1. The minimum Gasteiger partial charge on any atom is -0.508 e. The average Bonchev–Trinajstić information content (AvgIpc) is 3.02. The van der Waals surface area contributed by atoms with Crippen molar-refractivity contribution in [3.8, 4) is 22.6 Å². The first kappa shape index (κ1) is 34.2. The zero-order valence-corrected chi connectivity index (χ0v) is 27.7. The van der Waals surface area contributed by atoms with Gasteiger partial charge in [-0.25, -0.2) is 4.39 Å². The molecule has 5 rings (SSSR count). The monoisotopic (exact) mass is 688 g/mol. The number of carbonyl (C=O) groups is 1. The molecule has 44 heavy (non-hydrogen) atoms. The number of likely N-dealkylation sites (tertiary alicyclic amines) is 1. The zero-order chi connectivity index (χ0) is 30.3. The Morgan fingerprint density at radius 3 is 2.45 bits per heavy atom. The summed E-state index contributed by atoms with van der Waals surface area (Å²) < 4.78 is 20.1. The van der Waals surface area contributed by atoms with E-state index in [-0.39, 0.29) is 40.4 Å². The standard InChI is InChI=1S/C34H42ClFN4O3.BrH/c1-2-43-32-8-4-7-31(36)30(32)23-39-17-19-40(20-18-39)34(42)33(37)24-11-14-38(15-12-24)16-13-26-21-27(35)9-10-29(26)25-5-3-6-28(41)22-25;/h3-10,21-22,24,33,41H,2,11-20,23,37H2,1H3;1H. The molecule has 0 spiro atoms. The lowest BCUT2D eigenvalue weighted by molar-refractivity contribution is -0.136. The van der Waals surface area contributed by atoms with Crippen LogP contribution in [0.1, 0.15) is 30.9 Å². The average molecular weight is 690 g/mol. The molecule has 2 heterocycles. The van der Waals surface area contributed by atoms with Crippen LogP contribution in [0.2, 0.25) is 5.02 Å². The number of nitrogens with zero attached hydrogens (tertiary/aromatic N) is 3. The van der Waals surface area contributed by atoms with E-state index in [1.165, 1.54) is 6.07 Å². The molecule has 1 atom stereocenters. The lowest BCUT2D eigenvalue weighted by Gasteiger charge is -2.39. The number of halogens is 3. The second-order valence-corrected chi connectivity index (χ2v) is 12.0. The van der Waals surface area contributed by atoms with Crippen LogP contribution in [0.15, 0.2) is 60.7 Å². The summed E-state index contributed by atoms with van der Waals surface area (Å²) in [5.74, 6) is 0.740. The van der Waals surface area contributed by atoms with Crippen LogP contribution < -0.4 is 10.5 Å². The van der Waals surface area contributed by atoms with Crippen molar-refractivity contribution in [1.82, 2.24) is 14.7 Å². The van der Waals surface area contributed by atoms with Gasteiger partial charge < -0.3 is 25.4 Å². The highest BCUT2D eigenvalue weighted by Crippen LogP contribution is 2.30. The molecule has 1 amide bonds. The molecule has 238 valence electrons. The minimum absolute atomic E-state index is 0. The number of aromatic hydroxyl groups is 1. The maximum Gasteiger partial charge on any atom is 0.239 e. The molecule has 2 fully saturated rings. The van der Waals surface area contributed by atoms with Crippen LogP contribution in [0.3, 0.4) is 0 Å². The maximum atomic E-state index is 14.5. The van der Waals surface area contributed by atoms with Crippen molar-refractivity contribution in [2.45, 2.75) is 38.8 Å². The van der Waals surface area contributed by atoms with Crippen molar-refractivity contribution in [3.63, 3.8) is 0 Å². The normalized spacial score (nSPS) is 17.2. The smallest absolute Gasteiger partial charge is 0.239 e. The highest BCUT2D eigenvalue weighted by Gasteiger charge is 2.33. The van der Waals surface area contributed by atoms with Gasteiger partial charge in [-0.15, -0.1) is 17.0 Å². The summed E-state index contributed by atoms with van der Waals surface area (Å²) >= 11 is 6.34. The number of benzene rings is 3. The van der Waals surface area contributed by atoms with E-state index < -0.39 is 6.04 Å². The first-order chi connectivity index (χ1) is 20.8. The van der Waals surface area contributed by atoms with E-state index in [4.69, 9.17) is 22.1 Å². The van der Waals surface area contributed by atoms with Crippen LogP contribution in [-0.4, -0.2) is 84.2 Å². The van der Waals surface area contributed by atoms with E-state index >= 15 is 0 Å². The van der Waals surface area contributed by atoms with Gasteiger partial charge in [-0.05, 0) is 98.3 Å². The molecule has 1 unspecified atom stereocenters. The number of hydrogen-bond donors (Lipinski definition) is 2. The van der Waals surface area contributed by atoms with E-state index in [1.807, 2.05) is 42.2 Å². The highest BCUT2D eigenvalue weighted by atomic mass is 79.9. The summed E-state index contributed by atoms with van der Waals surface area (Å²) in [5, 5.41) is 10.7. The Morgan fingerprint density at radius 2 is 1.75 bits per heavy atom. The van der Waals surface area contributed by atoms with Gasteiger partial charge in [-0.1, -0.05) is 35.9 Å². The van der Waals surface area contributed by atoms with Crippen LogP contribution in [0.5, 0.6) is 11.5 Å². The van der Waals surface area contributed by atoms with Gasteiger partial charge in [0.05, 0.1) is 12.6 Å². The summed E-state index contributed by atoms with van der Waals surface area (Å²) in [7, 11) is 0. The van der Waals surface area contributed by atoms with E-state index in [9.17, 15) is 14.3 Å². The summed E-state index contributed by atoms with van der Waals surface area (Å²) in [5.41, 5.74) is 10.3. The number of ether oxygens (including phenoxy) is 1. The molecular formula is C34H43BrClFN4O3. The number of amides is 1. The predicted molar refractivity (Wildman–Crippen MR) is 179 cm³/mol. The van der Waals surface area contributed by atoms with Gasteiger partial charge in [-0.3, -0.25) is 9.69 Å². The van der Waals surface area contributed by atoms with Gasteiger partial charge in [0.2, 0.25) is 5.91 Å². The molecule has 2 aliphatic rings. The van der Waals surface area contributed by atoms with Crippen molar-refractivity contribution in [1.29, 1.82) is 0 Å². The van der Waals surface area contributed by atoms with Crippen molar-refractivity contribution in [2.24, 2.45) is 11.7 Å². The quantitative estimate of drug-likeness (QED) is 0.282. The number of nitrogens with two attached hydrogens (primary N) is 1. The Bertz CT molecular complexity index is 1400.